The van der Waals surface area contributed by atoms with Crippen LogP contribution >= 0.6 is 0 Å². The highest BCUT2D eigenvalue weighted by Crippen LogP contribution is 2.53. The van der Waals surface area contributed by atoms with Gasteiger partial charge in [0.05, 0.1) is 0 Å². The number of carbonyl (C=O) groups excluding carboxylic acids is 1. The Kier molecular flexibility index (Phi) is 2.46. The van der Waals surface area contributed by atoms with Crippen LogP contribution in [0.25, 0.3) is 0 Å². The Balaban J connectivity index is 1.70. The summed E-state index contributed by atoms with van der Waals surface area (Å²) in [5.74, 6) is 3.79. The number of nitrogens with one attached hydrogen (secondary N) is 1. The van der Waals surface area contributed by atoms with E-state index in [0.29, 0.717) is 6.04 Å². The maximum absolute atomic E-state index is 11.3. The molecule has 0 aromatic rings. The minimum Gasteiger partial charge on any atom is -0.281 e. The van der Waals surface area contributed by atoms with Crippen LogP contribution < -0.4 is 5.43 Å². The Labute approximate surface area is 97.5 Å². The monoisotopic (exact) mass is 222 g/mol. The zero-order valence-corrected chi connectivity index (χ0v) is 10.3. The third kappa shape index (κ3) is 1.65. The van der Waals surface area contributed by atoms with E-state index in [2.05, 4.69) is 5.43 Å². The normalized spacial score (nSPS) is 44.8. The van der Waals surface area contributed by atoms with E-state index in [1.807, 2.05) is 7.05 Å². The lowest BCUT2D eigenvalue weighted by molar-refractivity contribution is -0.134. The van der Waals surface area contributed by atoms with Crippen molar-refractivity contribution in [1.29, 1.82) is 0 Å². The molecule has 3 heteroatoms. The van der Waals surface area contributed by atoms with Gasteiger partial charge in [0.15, 0.2) is 0 Å². The first kappa shape index (κ1) is 10.6. The van der Waals surface area contributed by atoms with Crippen molar-refractivity contribution in [3.8, 4) is 0 Å². The lowest BCUT2D eigenvalue weighted by atomic mass is 9.54. The summed E-state index contributed by atoms with van der Waals surface area (Å²) in [6, 6.07) is 0.571. The van der Waals surface area contributed by atoms with E-state index in [1.54, 1.807) is 11.9 Å². The average molecular weight is 222 g/mol. The van der Waals surface area contributed by atoms with Gasteiger partial charge >= 0.3 is 0 Å². The maximum atomic E-state index is 11.3. The minimum absolute atomic E-state index is 0.119. The molecule has 4 rings (SSSR count). The van der Waals surface area contributed by atoms with Gasteiger partial charge in [0.2, 0.25) is 5.91 Å². The van der Waals surface area contributed by atoms with E-state index in [4.69, 9.17) is 0 Å². The lowest BCUT2D eigenvalue weighted by Crippen LogP contribution is -2.58. The van der Waals surface area contributed by atoms with Crippen LogP contribution in [0.3, 0.4) is 0 Å². The highest BCUT2D eigenvalue weighted by atomic mass is 16.2. The molecule has 0 saturated heterocycles. The van der Waals surface area contributed by atoms with Crippen molar-refractivity contribution in [2.75, 3.05) is 7.05 Å². The SMILES string of the molecule is CC(=O)N(C)NC1C2CC3CC(C2)CC1C3. The molecule has 1 amide bonds. The highest BCUT2D eigenvalue weighted by Gasteiger charge is 2.48. The highest BCUT2D eigenvalue weighted by molar-refractivity contribution is 5.72. The van der Waals surface area contributed by atoms with E-state index in [0.717, 1.165) is 23.7 Å². The summed E-state index contributed by atoms with van der Waals surface area (Å²) in [7, 11) is 1.85. The van der Waals surface area contributed by atoms with Gasteiger partial charge in [-0.3, -0.25) is 9.80 Å². The molecule has 16 heavy (non-hydrogen) atoms. The first-order chi connectivity index (χ1) is 7.63. The predicted molar refractivity (Wildman–Crippen MR) is 62.4 cm³/mol. The van der Waals surface area contributed by atoms with Crippen molar-refractivity contribution < 1.29 is 4.79 Å². The number of hydrogen-bond donors (Lipinski definition) is 1. The molecule has 0 radical (unpaired) electrons. The van der Waals surface area contributed by atoms with Gasteiger partial charge in [0.25, 0.3) is 0 Å². The van der Waals surface area contributed by atoms with Gasteiger partial charge in [0.1, 0.15) is 0 Å². The molecule has 0 spiro atoms. The molecule has 0 aromatic heterocycles. The molecule has 4 bridgehead atoms. The van der Waals surface area contributed by atoms with E-state index < -0.39 is 0 Å². The molecular formula is C13H22N2O. The fourth-order valence-electron chi connectivity index (χ4n) is 4.45. The smallest absolute Gasteiger partial charge is 0.233 e. The second-order valence-electron chi connectivity index (χ2n) is 6.16. The van der Waals surface area contributed by atoms with Crippen LogP contribution in [0.15, 0.2) is 0 Å². The number of amides is 1. The third-order valence-corrected chi connectivity index (χ3v) is 5.04. The minimum atomic E-state index is 0.119. The van der Waals surface area contributed by atoms with Crippen LogP contribution in [-0.2, 0) is 4.79 Å². The van der Waals surface area contributed by atoms with Crippen molar-refractivity contribution in [2.45, 2.75) is 45.1 Å². The number of nitrogens with zero attached hydrogens (tertiary/aromatic N) is 1. The fourth-order valence-corrected chi connectivity index (χ4v) is 4.45. The number of hydrazine groups is 1. The zero-order chi connectivity index (χ0) is 11.3. The van der Waals surface area contributed by atoms with Gasteiger partial charge in [-0.25, -0.2) is 5.43 Å². The van der Waals surface area contributed by atoms with Gasteiger partial charge in [-0.05, 0) is 55.8 Å². The summed E-state index contributed by atoms with van der Waals surface area (Å²) in [5, 5.41) is 1.69. The lowest BCUT2D eigenvalue weighted by Gasteiger charge is -2.55. The molecular weight excluding hydrogens is 200 g/mol. The predicted octanol–water partition coefficient (Wildman–Crippen LogP) is 1.79. The van der Waals surface area contributed by atoms with Crippen molar-refractivity contribution in [2.24, 2.45) is 23.7 Å². The van der Waals surface area contributed by atoms with E-state index in [9.17, 15) is 4.79 Å². The van der Waals surface area contributed by atoms with Crippen LogP contribution in [0.4, 0.5) is 0 Å². The Hall–Kier alpha value is -0.570. The first-order valence-corrected chi connectivity index (χ1v) is 6.64. The summed E-state index contributed by atoms with van der Waals surface area (Å²) >= 11 is 0. The largest absolute Gasteiger partial charge is 0.281 e. The van der Waals surface area contributed by atoms with Crippen LogP contribution in [0.5, 0.6) is 0 Å². The number of rotatable bonds is 2. The molecule has 4 saturated carbocycles. The zero-order valence-electron chi connectivity index (χ0n) is 10.3. The van der Waals surface area contributed by atoms with Crippen LogP contribution in [0.2, 0.25) is 0 Å². The van der Waals surface area contributed by atoms with Crippen molar-refractivity contribution in [3.63, 3.8) is 0 Å². The van der Waals surface area contributed by atoms with Crippen molar-refractivity contribution in [3.05, 3.63) is 0 Å². The van der Waals surface area contributed by atoms with Crippen LogP contribution in [-0.4, -0.2) is 24.0 Å². The van der Waals surface area contributed by atoms with Gasteiger partial charge < -0.3 is 0 Å². The molecule has 4 fully saturated rings. The Morgan fingerprint density at radius 1 is 1.06 bits per heavy atom. The Morgan fingerprint density at radius 3 is 2.00 bits per heavy atom. The summed E-state index contributed by atoms with van der Waals surface area (Å²) < 4.78 is 0. The second kappa shape index (κ2) is 3.73. The molecule has 0 aliphatic heterocycles. The van der Waals surface area contributed by atoms with E-state index in [1.165, 1.54) is 32.1 Å². The molecule has 0 atom stereocenters. The molecule has 3 nitrogen and oxygen atoms in total. The van der Waals surface area contributed by atoms with Gasteiger partial charge in [-0.2, -0.15) is 0 Å². The second-order valence-corrected chi connectivity index (χ2v) is 6.16. The van der Waals surface area contributed by atoms with E-state index in [-0.39, 0.29) is 5.91 Å². The van der Waals surface area contributed by atoms with Gasteiger partial charge in [-0.1, -0.05) is 0 Å². The van der Waals surface area contributed by atoms with Crippen LogP contribution in [0.1, 0.15) is 39.0 Å². The molecule has 0 heterocycles. The molecule has 4 aliphatic carbocycles. The van der Waals surface area contributed by atoms with Crippen LogP contribution in [0, 0.1) is 23.7 Å². The van der Waals surface area contributed by atoms with E-state index >= 15 is 0 Å². The molecule has 0 aromatic carbocycles. The first-order valence-electron chi connectivity index (χ1n) is 6.64. The summed E-state index contributed by atoms with van der Waals surface area (Å²) in [4.78, 5) is 11.3. The molecule has 90 valence electrons. The standard InChI is InChI=1S/C13H22N2O/c1-8(16)15(2)14-13-11-4-9-3-10(6-11)7-12(13)5-9/h9-14H,3-7H2,1-2H3. The van der Waals surface area contributed by atoms with Gasteiger partial charge in [0, 0.05) is 20.0 Å². The average Bonchev–Trinajstić information content (AvgIpc) is 2.21. The quantitative estimate of drug-likeness (QED) is 0.722. The summed E-state index contributed by atoms with van der Waals surface area (Å²) in [6.45, 7) is 1.63. The Morgan fingerprint density at radius 2 is 1.56 bits per heavy atom. The molecule has 4 aliphatic rings. The molecule has 1 N–H and O–H groups in total. The topological polar surface area (TPSA) is 32.3 Å². The Bertz CT molecular complexity index is 274. The summed E-state index contributed by atoms with van der Waals surface area (Å²) in [5.41, 5.74) is 3.45. The van der Waals surface area contributed by atoms with Crippen molar-refractivity contribution in [1.82, 2.24) is 10.4 Å². The number of hydrogen-bond acceptors (Lipinski definition) is 2. The van der Waals surface area contributed by atoms with Crippen molar-refractivity contribution >= 4 is 5.91 Å². The molecule has 0 unspecified atom stereocenters. The van der Waals surface area contributed by atoms with Gasteiger partial charge in [-0.15, -0.1) is 0 Å². The maximum Gasteiger partial charge on any atom is 0.233 e. The fraction of sp³-hybridized carbons (Fsp3) is 0.923. The number of carbonyl (C=O) groups is 1. The summed E-state index contributed by atoms with van der Waals surface area (Å²) in [6.07, 6.45) is 7.09. The third-order valence-electron chi connectivity index (χ3n) is 5.04.